The Hall–Kier alpha value is -3.07. The predicted molar refractivity (Wildman–Crippen MR) is 115 cm³/mol. The molecular weight excluding hydrogens is 370 g/mol. The van der Waals surface area contributed by atoms with E-state index in [0.717, 1.165) is 0 Å². The highest BCUT2D eigenvalue weighted by molar-refractivity contribution is 5.84. The molecule has 29 heavy (non-hydrogen) atoms. The smallest absolute Gasteiger partial charge is 0.227 e. The standard InChI is InChI=1S/C20H29N7O2/c1-11(2)27-10-23-16-17(22-9-13-8-14(21)6-7-15(13)28)25-19(26-18(16)27)24-12(3)20(4,5)29/h6-8,10-12,28-29H,9,21H2,1-5H3,(H2,22,24,25,26). The lowest BCUT2D eigenvalue weighted by atomic mass is 10.0. The van der Waals surface area contributed by atoms with Crippen molar-refractivity contribution in [3.63, 3.8) is 0 Å². The second-order valence-corrected chi connectivity index (χ2v) is 8.08. The lowest BCUT2D eigenvalue weighted by Gasteiger charge is -2.26. The number of hydrogen-bond donors (Lipinski definition) is 5. The van der Waals surface area contributed by atoms with Crippen LogP contribution in [0.3, 0.4) is 0 Å². The Balaban J connectivity index is 1.99. The molecule has 156 valence electrons. The molecule has 0 aliphatic rings. The number of phenols is 1. The largest absolute Gasteiger partial charge is 0.508 e. The molecule has 2 heterocycles. The number of nitrogen functional groups attached to an aromatic ring is 1. The Bertz CT molecular complexity index is 1010. The minimum absolute atomic E-state index is 0.152. The molecule has 1 unspecified atom stereocenters. The summed E-state index contributed by atoms with van der Waals surface area (Å²) in [7, 11) is 0. The van der Waals surface area contributed by atoms with Crippen LogP contribution in [-0.4, -0.2) is 41.4 Å². The molecule has 0 saturated heterocycles. The van der Waals surface area contributed by atoms with Gasteiger partial charge >= 0.3 is 0 Å². The molecule has 9 nitrogen and oxygen atoms in total. The van der Waals surface area contributed by atoms with Crippen LogP contribution in [0.25, 0.3) is 11.2 Å². The molecule has 3 rings (SSSR count). The first-order valence-corrected chi connectivity index (χ1v) is 9.61. The van der Waals surface area contributed by atoms with Crippen LogP contribution >= 0.6 is 0 Å². The van der Waals surface area contributed by atoms with E-state index in [4.69, 9.17) is 5.73 Å². The van der Waals surface area contributed by atoms with E-state index in [1.165, 1.54) is 0 Å². The van der Waals surface area contributed by atoms with Gasteiger partial charge in [0.15, 0.2) is 17.0 Å². The molecule has 0 aliphatic carbocycles. The summed E-state index contributed by atoms with van der Waals surface area (Å²) in [5.74, 6) is 1.06. The highest BCUT2D eigenvalue weighted by atomic mass is 16.3. The lowest BCUT2D eigenvalue weighted by Crippen LogP contribution is -2.39. The van der Waals surface area contributed by atoms with E-state index in [0.29, 0.717) is 40.7 Å². The monoisotopic (exact) mass is 399 g/mol. The van der Waals surface area contributed by atoms with Crippen molar-refractivity contribution in [2.75, 3.05) is 16.4 Å². The van der Waals surface area contributed by atoms with Crippen molar-refractivity contribution >= 4 is 28.6 Å². The van der Waals surface area contributed by atoms with Gasteiger partial charge in [0.05, 0.1) is 18.0 Å². The summed E-state index contributed by atoms with van der Waals surface area (Å²) in [6.45, 7) is 9.73. The first kappa shape index (κ1) is 20.7. The average Bonchev–Trinajstić information content (AvgIpc) is 3.05. The van der Waals surface area contributed by atoms with E-state index in [1.54, 1.807) is 38.4 Å². The van der Waals surface area contributed by atoms with Gasteiger partial charge in [-0.1, -0.05) is 0 Å². The Morgan fingerprint density at radius 3 is 2.59 bits per heavy atom. The summed E-state index contributed by atoms with van der Waals surface area (Å²) < 4.78 is 1.96. The fraction of sp³-hybridized carbons (Fsp3) is 0.450. The molecule has 3 aromatic rings. The fourth-order valence-electron chi connectivity index (χ4n) is 2.78. The number of aromatic hydroxyl groups is 1. The van der Waals surface area contributed by atoms with Gasteiger partial charge < -0.3 is 31.1 Å². The molecule has 0 radical (unpaired) electrons. The van der Waals surface area contributed by atoms with Crippen molar-refractivity contribution in [3.05, 3.63) is 30.1 Å². The third-order valence-corrected chi connectivity index (χ3v) is 4.93. The number of nitrogens with two attached hydrogens (primary N) is 1. The summed E-state index contributed by atoms with van der Waals surface area (Å²) in [4.78, 5) is 13.6. The van der Waals surface area contributed by atoms with Crippen LogP contribution in [-0.2, 0) is 6.54 Å². The topological polar surface area (TPSA) is 134 Å². The van der Waals surface area contributed by atoms with Crippen LogP contribution in [0.15, 0.2) is 24.5 Å². The van der Waals surface area contributed by atoms with Crippen LogP contribution in [0.1, 0.15) is 46.2 Å². The van der Waals surface area contributed by atoms with E-state index in [-0.39, 0.29) is 17.8 Å². The quantitative estimate of drug-likeness (QED) is 0.302. The van der Waals surface area contributed by atoms with E-state index >= 15 is 0 Å². The number of fused-ring (bicyclic) bond motifs is 1. The maximum Gasteiger partial charge on any atom is 0.227 e. The number of nitrogens with one attached hydrogen (secondary N) is 2. The molecule has 0 aliphatic heterocycles. The summed E-state index contributed by atoms with van der Waals surface area (Å²) >= 11 is 0. The summed E-state index contributed by atoms with van der Waals surface area (Å²) in [5, 5.41) is 26.7. The van der Waals surface area contributed by atoms with Crippen LogP contribution in [0.5, 0.6) is 5.75 Å². The van der Waals surface area contributed by atoms with Crippen molar-refractivity contribution < 1.29 is 10.2 Å². The van der Waals surface area contributed by atoms with E-state index in [9.17, 15) is 10.2 Å². The average molecular weight is 399 g/mol. The van der Waals surface area contributed by atoms with E-state index < -0.39 is 5.60 Å². The van der Waals surface area contributed by atoms with Crippen molar-refractivity contribution in [1.29, 1.82) is 0 Å². The molecule has 0 fully saturated rings. The minimum atomic E-state index is -0.947. The van der Waals surface area contributed by atoms with E-state index in [1.807, 2.05) is 25.3 Å². The van der Waals surface area contributed by atoms with Gasteiger partial charge in [-0.3, -0.25) is 0 Å². The molecular formula is C20H29N7O2. The second-order valence-electron chi connectivity index (χ2n) is 8.08. The molecule has 0 amide bonds. The summed E-state index contributed by atoms with van der Waals surface area (Å²) in [6.07, 6.45) is 1.73. The number of nitrogens with zero attached hydrogens (tertiary/aromatic N) is 4. The minimum Gasteiger partial charge on any atom is -0.508 e. The highest BCUT2D eigenvalue weighted by Gasteiger charge is 2.24. The highest BCUT2D eigenvalue weighted by Crippen LogP contribution is 2.26. The van der Waals surface area contributed by atoms with Crippen molar-refractivity contribution in [1.82, 2.24) is 19.5 Å². The van der Waals surface area contributed by atoms with Crippen molar-refractivity contribution in [3.8, 4) is 5.75 Å². The Labute approximate surface area is 170 Å². The van der Waals surface area contributed by atoms with Crippen LogP contribution in [0.4, 0.5) is 17.5 Å². The molecule has 0 spiro atoms. The number of anilines is 3. The van der Waals surface area contributed by atoms with Gasteiger partial charge in [0.1, 0.15) is 5.75 Å². The zero-order valence-corrected chi connectivity index (χ0v) is 17.4. The molecule has 0 saturated carbocycles. The predicted octanol–water partition coefficient (Wildman–Crippen LogP) is 2.88. The first-order chi connectivity index (χ1) is 13.6. The number of benzene rings is 1. The molecule has 9 heteroatoms. The van der Waals surface area contributed by atoms with Gasteiger partial charge in [-0.05, 0) is 52.8 Å². The first-order valence-electron chi connectivity index (χ1n) is 9.61. The Kier molecular flexibility index (Phi) is 5.52. The normalized spacial score (nSPS) is 13.1. The van der Waals surface area contributed by atoms with Crippen LogP contribution < -0.4 is 16.4 Å². The van der Waals surface area contributed by atoms with E-state index in [2.05, 4.69) is 25.6 Å². The second kappa shape index (κ2) is 7.75. The van der Waals surface area contributed by atoms with Gasteiger partial charge in [-0.25, -0.2) is 4.98 Å². The van der Waals surface area contributed by atoms with Gasteiger partial charge in [0.2, 0.25) is 5.95 Å². The Morgan fingerprint density at radius 1 is 1.21 bits per heavy atom. The van der Waals surface area contributed by atoms with Crippen LogP contribution in [0.2, 0.25) is 0 Å². The maximum absolute atomic E-state index is 10.3. The third kappa shape index (κ3) is 4.51. The third-order valence-electron chi connectivity index (χ3n) is 4.93. The summed E-state index contributed by atoms with van der Waals surface area (Å²) in [5.41, 5.74) is 7.41. The number of phenolic OH excluding ortho intramolecular Hbond substituents is 1. The van der Waals surface area contributed by atoms with Gasteiger partial charge in [-0.15, -0.1) is 0 Å². The SMILES string of the molecule is CC(C)n1cnc2c(NCc3cc(N)ccc3O)nc(NC(C)C(C)(C)O)nc21. The zero-order chi connectivity index (χ0) is 21.3. The Morgan fingerprint density at radius 2 is 1.93 bits per heavy atom. The fourth-order valence-corrected chi connectivity index (χ4v) is 2.78. The molecule has 6 N–H and O–H groups in total. The van der Waals surface area contributed by atoms with Gasteiger partial charge in [-0.2, -0.15) is 9.97 Å². The van der Waals surface area contributed by atoms with Gasteiger partial charge in [0, 0.05) is 23.8 Å². The maximum atomic E-state index is 10.3. The molecule has 0 bridgehead atoms. The zero-order valence-electron chi connectivity index (χ0n) is 17.4. The van der Waals surface area contributed by atoms with Crippen molar-refractivity contribution in [2.24, 2.45) is 0 Å². The number of hydrogen-bond acceptors (Lipinski definition) is 8. The van der Waals surface area contributed by atoms with Crippen molar-refractivity contribution in [2.45, 2.75) is 58.8 Å². The number of imidazole rings is 1. The lowest BCUT2D eigenvalue weighted by molar-refractivity contribution is 0.0646. The number of aromatic nitrogens is 4. The summed E-state index contributed by atoms with van der Waals surface area (Å²) in [6, 6.07) is 4.81. The van der Waals surface area contributed by atoms with Crippen LogP contribution in [0, 0.1) is 0 Å². The molecule has 1 atom stereocenters. The molecule has 1 aromatic carbocycles. The number of rotatable bonds is 7. The van der Waals surface area contributed by atoms with Gasteiger partial charge in [0.25, 0.3) is 0 Å². The number of aliphatic hydroxyl groups is 1. The molecule has 2 aromatic heterocycles.